The predicted octanol–water partition coefficient (Wildman–Crippen LogP) is 2.91. The van der Waals surface area contributed by atoms with Crippen molar-refractivity contribution in [1.29, 1.82) is 0 Å². The molecule has 0 saturated carbocycles. The number of nitrogens with one attached hydrogen (secondary N) is 1. The van der Waals surface area contributed by atoms with Gasteiger partial charge in [0.15, 0.2) is 0 Å². The van der Waals surface area contributed by atoms with Crippen molar-refractivity contribution in [2.45, 2.75) is 18.4 Å². The van der Waals surface area contributed by atoms with E-state index in [9.17, 15) is 9.59 Å². The van der Waals surface area contributed by atoms with E-state index in [0.717, 1.165) is 0 Å². The van der Waals surface area contributed by atoms with E-state index >= 15 is 0 Å². The number of hydrogen-bond donors (Lipinski definition) is 1. The zero-order chi connectivity index (χ0) is 16.9. The van der Waals surface area contributed by atoms with Crippen LogP contribution in [0, 0.1) is 0 Å². The second-order valence-electron chi connectivity index (χ2n) is 5.24. The van der Waals surface area contributed by atoms with Gasteiger partial charge in [-0.1, -0.05) is 24.3 Å². The van der Waals surface area contributed by atoms with Crippen LogP contribution >= 0.6 is 0 Å². The number of furan rings is 1. The van der Waals surface area contributed by atoms with E-state index in [1.807, 2.05) is 6.07 Å². The Hall–Kier alpha value is -2.82. The van der Waals surface area contributed by atoms with Gasteiger partial charge in [-0.25, -0.2) is 4.79 Å². The summed E-state index contributed by atoms with van der Waals surface area (Å²) in [6.45, 7) is 5.35. The molecule has 120 valence electrons. The van der Waals surface area contributed by atoms with E-state index in [1.54, 1.807) is 49.4 Å². The Balaban J connectivity index is 2.37. The molecule has 0 aliphatic carbocycles. The van der Waals surface area contributed by atoms with E-state index < -0.39 is 17.4 Å². The first-order chi connectivity index (χ1) is 11.0. The maximum Gasteiger partial charge on any atom is 0.332 e. The molecule has 5 nitrogen and oxygen atoms in total. The molecule has 5 heteroatoms. The van der Waals surface area contributed by atoms with Crippen molar-refractivity contribution in [2.24, 2.45) is 0 Å². The molecule has 0 radical (unpaired) electrons. The van der Waals surface area contributed by atoms with Crippen molar-refractivity contribution in [3.8, 4) is 0 Å². The molecule has 0 aliphatic heterocycles. The minimum absolute atomic E-state index is 0.378. The zero-order valence-electron chi connectivity index (χ0n) is 13.1. The number of esters is 1. The van der Waals surface area contributed by atoms with Gasteiger partial charge in [0.25, 0.3) is 5.91 Å². The van der Waals surface area contributed by atoms with Crippen molar-refractivity contribution < 1.29 is 18.7 Å². The average Bonchev–Trinajstić information content (AvgIpc) is 3.09. The summed E-state index contributed by atoms with van der Waals surface area (Å²) in [6.07, 6.45) is 3.06. The standard InChI is InChI=1S/C18H19NO4/c1-4-14(15-11-8-12-23-15)18(2,17(21)22-3)19-16(20)13-9-6-5-7-10-13/h4-12,14H,1H2,2-3H3,(H,19,20)/t14-,18-/m1/s1. The number of hydrogen-bond acceptors (Lipinski definition) is 4. The van der Waals surface area contributed by atoms with E-state index in [2.05, 4.69) is 11.9 Å². The summed E-state index contributed by atoms with van der Waals surface area (Å²) in [4.78, 5) is 24.9. The molecule has 1 aromatic carbocycles. The molecule has 0 saturated heterocycles. The molecule has 0 fully saturated rings. The molecule has 2 atom stereocenters. The van der Waals surface area contributed by atoms with Crippen molar-refractivity contribution in [3.05, 3.63) is 72.7 Å². The molecule has 1 heterocycles. The molecule has 0 aliphatic rings. The molecule has 2 aromatic rings. The van der Waals surface area contributed by atoms with Crippen molar-refractivity contribution in [1.82, 2.24) is 5.32 Å². The minimum atomic E-state index is -1.35. The van der Waals surface area contributed by atoms with Gasteiger partial charge in [0, 0.05) is 5.56 Å². The van der Waals surface area contributed by atoms with Gasteiger partial charge in [-0.3, -0.25) is 4.79 Å². The lowest BCUT2D eigenvalue weighted by atomic mass is 9.83. The van der Waals surface area contributed by atoms with Gasteiger partial charge in [0.2, 0.25) is 0 Å². The first-order valence-corrected chi connectivity index (χ1v) is 7.15. The lowest BCUT2D eigenvalue weighted by Gasteiger charge is -2.33. The number of methoxy groups -OCH3 is 1. The number of carbonyl (C=O) groups is 2. The Labute approximate surface area is 134 Å². The Morgan fingerprint density at radius 2 is 1.96 bits per heavy atom. The van der Waals surface area contributed by atoms with Crippen LogP contribution in [0.5, 0.6) is 0 Å². The third-order valence-corrected chi connectivity index (χ3v) is 3.73. The summed E-state index contributed by atoms with van der Waals surface area (Å²) in [6, 6.07) is 12.1. The predicted molar refractivity (Wildman–Crippen MR) is 86.0 cm³/mol. The number of ether oxygens (including phenoxy) is 1. The molecule has 0 unspecified atom stereocenters. The van der Waals surface area contributed by atoms with Gasteiger partial charge in [-0.2, -0.15) is 0 Å². The molecule has 23 heavy (non-hydrogen) atoms. The topological polar surface area (TPSA) is 68.5 Å². The highest BCUT2D eigenvalue weighted by molar-refractivity contribution is 5.98. The van der Waals surface area contributed by atoms with E-state index in [4.69, 9.17) is 9.15 Å². The van der Waals surface area contributed by atoms with Crippen LogP contribution in [0.25, 0.3) is 0 Å². The van der Waals surface area contributed by atoms with Crippen molar-refractivity contribution >= 4 is 11.9 Å². The Bertz CT molecular complexity index is 678. The Morgan fingerprint density at radius 1 is 1.26 bits per heavy atom. The van der Waals surface area contributed by atoms with E-state index in [1.165, 1.54) is 13.4 Å². The molecule has 1 amide bonds. The first kappa shape index (κ1) is 16.5. The normalized spacial score (nSPS) is 14.3. The number of carbonyl (C=O) groups excluding carboxylic acids is 2. The van der Waals surface area contributed by atoms with E-state index in [0.29, 0.717) is 11.3 Å². The second-order valence-corrected chi connectivity index (χ2v) is 5.24. The van der Waals surface area contributed by atoms with Crippen LogP contribution in [-0.2, 0) is 9.53 Å². The fourth-order valence-corrected chi connectivity index (χ4v) is 2.47. The molecular weight excluding hydrogens is 294 g/mol. The number of benzene rings is 1. The molecule has 1 N–H and O–H groups in total. The highest BCUT2D eigenvalue weighted by atomic mass is 16.5. The van der Waals surface area contributed by atoms with Crippen LogP contribution in [0.2, 0.25) is 0 Å². The molecule has 0 spiro atoms. The van der Waals surface area contributed by atoms with Gasteiger partial charge in [-0.15, -0.1) is 6.58 Å². The third-order valence-electron chi connectivity index (χ3n) is 3.73. The maximum atomic E-state index is 12.5. The lowest BCUT2D eigenvalue weighted by molar-refractivity contribution is -0.148. The smallest absolute Gasteiger partial charge is 0.332 e. The molecule has 0 bridgehead atoms. The van der Waals surface area contributed by atoms with Gasteiger partial charge < -0.3 is 14.5 Å². The summed E-state index contributed by atoms with van der Waals surface area (Å²) in [7, 11) is 1.28. The second kappa shape index (κ2) is 6.96. The summed E-state index contributed by atoms with van der Waals surface area (Å²) >= 11 is 0. The van der Waals surface area contributed by atoms with E-state index in [-0.39, 0.29) is 5.91 Å². The quantitative estimate of drug-likeness (QED) is 0.657. The summed E-state index contributed by atoms with van der Waals surface area (Å²) < 4.78 is 10.3. The third kappa shape index (κ3) is 3.34. The Morgan fingerprint density at radius 3 is 2.48 bits per heavy atom. The molecule has 2 rings (SSSR count). The highest BCUT2D eigenvalue weighted by Crippen LogP contribution is 2.31. The lowest BCUT2D eigenvalue weighted by Crippen LogP contribution is -2.56. The highest BCUT2D eigenvalue weighted by Gasteiger charge is 2.44. The maximum absolute atomic E-state index is 12.5. The fraction of sp³-hybridized carbons (Fsp3) is 0.222. The molecule has 1 aromatic heterocycles. The SMILES string of the molecule is C=C[C@H](c1ccco1)[C@@](C)(NC(=O)c1ccccc1)C(=O)OC. The Kier molecular flexibility index (Phi) is 5.01. The van der Waals surface area contributed by atoms with Crippen LogP contribution in [0.15, 0.2) is 65.8 Å². The fourth-order valence-electron chi connectivity index (χ4n) is 2.47. The van der Waals surface area contributed by atoms with Crippen LogP contribution in [0.3, 0.4) is 0 Å². The van der Waals surface area contributed by atoms with Gasteiger partial charge in [0.1, 0.15) is 11.3 Å². The average molecular weight is 313 g/mol. The van der Waals surface area contributed by atoms with Crippen LogP contribution in [0.4, 0.5) is 0 Å². The van der Waals surface area contributed by atoms with Gasteiger partial charge in [0.05, 0.1) is 19.3 Å². The van der Waals surface area contributed by atoms with Crippen molar-refractivity contribution in [3.63, 3.8) is 0 Å². The number of rotatable bonds is 6. The summed E-state index contributed by atoms with van der Waals surface area (Å²) in [5.41, 5.74) is -0.897. The minimum Gasteiger partial charge on any atom is -0.469 e. The first-order valence-electron chi connectivity index (χ1n) is 7.15. The summed E-state index contributed by atoms with van der Waals surface area (Å²) in [5, 5.41) is 2.75. The largest absolute Gasteiger partial charge is 0.469 e. The molecular formula is C18H19NO4. The number of amides is 1. The van der Waals surface area contributed by atoms with Crippen molar-refractivity contribution in [2.75, 3.05) is 7.11 Å². The van der Waals surface area contributed by atoms with Crippen LogP contribution in [-0.4, -0.2) is 24.5 Å². The zero-order valence-corrected chi connectivity index (χ0v) is 13.1. The van der Waals surface area contributed by atoms with Gasteiger partial charge in [-0.05, 0) is 31.2 Å². The monoisotopic (exact) mass is 313 g/mol. The van der Waals surface area contributed by atoms with Gasteiger partial charge >= 0.3 is 5.97 Å². The van der Waals surface area contributed by atoms with Crippen LogP contribution in [0.1, 0.15) is 29.0 Å². The summed E-state index contributed by atoms with van der Waals surface area (Å²) in [5.74, 6) is -1.01. The van der Waals surface area contributed by atoms with Crippen LogP contribution < -0.4 is 5.32 Å².